The number of aromatic nitrogens is 3. The standard InChI is InChI=1S/C10H13N5O2/c1-5-4-7(14-17-5)12-10(16)9-8(11)6(2)13-15(9)3/h4H,11H2,1-3H3,(H,12,14,16). The molecular weight excluding hydrogens is 222 g/mol. The molecule has 2 heterocycles. The van der Waals surface area contributed by atoms with E-state index < -0.39 is 0 Å². The van der Waals surface area contributed by atoms with Gasteiger partial charge >= 0.3 is 0 Å². The van der Waals surface area contributed by atoms with Crippen molar-refractivity contribution in [3.63, 3.8) is 0 Å². The van der Waals surface area contributed by atoms with Gasteiger partial charge in [0.15, 0.2) is 5.82 Å². The predicted octanol–water partition coefficient (Wildman–Crippen LogP) is 0.859. The molecule has 2 rings (SSSR count). The molecule has 0 fully saturated rings. The van der Waals surface area contributed by atoms with Crippen LogP contribution in [-0.4, -0.2) is 20.8 Å². The summed E-state index contributed by atoms with van der Waals surface area (Å²) in [6.45, 7) is 3.48. The summed E-state index contributed by atoms with van der Waals surface area (Å²) in [6, 6.07) is 1.62. The lowest BCUT2D eigenvalue weighted by Gasteiger charge is -2.02. The van der Waals surface area contributed by atoms with Gasteiger partial charge in [0.25, 0.3) is 5.91 Å². The summed E-state index contributed by atoms with van der Waals surface area (Å²) in [5, 5.41) is 10.3. The zero-order chi connectivity index (χ0) is 12.6. The highest BCUT2D eigenvalue weighted by atomic mass is 16.5. The van der Waals surface area contributed by atoms with E-state index in [0.717, 1.165) is 0 Å². The number of hydrogen-bond donors (Lipinski definition) is 2. The largest absolute Gasteiger partial charge is 0.395 e. The van der Waals surface area contributed by atoms with Crippen molar-refractivity contribution in [1.82, 2.24) is 14.9 Å². The summed E-state index contributed by atoms with van der Waals surface area (Å²) in [5.74, 6) is 0.610. The minimum absolute atomic E-state index is 0.308. The van der Waals surface area contributed by atoms with Crippen molar-refractivity contribution in [2.45, 2.75) is 13.8 Å². The van der Waals surface area contributed by atoms with Crippen LogP contribution >= 0.6 is 0 Å². The van der Waals surface area contributed by atoms with Crippen LogP contribution in [0.5, 0.6) is 0 Å². The number of carbonyl (C=O) groups is 1. The highest BCUT2D eigenvalue weighted by Gasteiger charge is 2.18. The van der Waals surface area contributed by atoms with E-state index in [1.54, 1.807) is 27.0 Å². The van der Waals surface area contributed by atoms with Crippen LogP contribution in [0, 0.1) is 13.8 Å². The van der Waals surface area contributed by atoms with Crippen LogP contribution < -0.4 is 11.1 Å². The topological polar surface area (TPSA) is 99.0 Å². The summed E-state index contributed by atoms with van der Waals surface area (Å²) in [7, 11) is 1.66. The van der Waals surface area contributed by atoms with Gasteiger partial charge in [0.1, 0.15) is 11.5 Å². The van der Waals surface area contributed by atoms with Gasteiger partial charge in [-0.05, 0) is 13.8 Å². The maximum Gasteiger partial charge on any atom is 0.277 e. The van der Waals surface area contributed by atoms with E-state index in [4.69, 9.17) is 10.3 Å². The summed E-state index contributed by atoms with van der Waals surface area (Å²) in [6.07, 6.45) is 0. The van der Waals surface area contributed by atoms with Crippen molar-refractivity contribution < 1.29 is 9.32 Å². The van der Waals surface area contributed by atoms with Crippen LogP contribution in [0.2, 0.25) is 0 Å². The number of anilines is 2. The monoisotopic (exact) mass is 235 g/mol. The molecule has 0 aliphatic heterocycles. The average molecular weight is 235 g/mol. The Balaban J connectivity index is 2.26. The number of nitrogen functional groups attached to an aromatic ring is 1. The van der Waals surface area contributed by atoms with Crippen LogP contribution in [-0.2, 0) is 7.05 Å². The number of aryl methyl sites for hydroxylation is 3. The lowest BCUT2D eigenvalue weighted by Crippen LogP contribution is -2.17. The zero-order valence-corrected chi connectivity index (χ0v) is 9.81. The van der Waals surface area contributed by atoms with Crippen LogP contribution in [0.15, 0.2) is 10.6 Å². The molecule has 17 heavy (non-hydrogen) atoms. The van der Waals surface area contributed by atoms with Gasteiger partial charge in [0.2, 0.25) is 0 Å². The number of amides is 1. The smallest absolute Gasteiger partial charge is 0.277 e. The third-order valence-corrected chi connectivity index (χ3v) is 2.35. The number of nitrogens with two attached hydrogens (primary N) is 1. The van der Waals surface area contributed by atoms with Gasteiger partial charge in [-0.3, -0.25) is 9.48 Å². The lowest BCUT2D eigenvalue weighted by molar-refractivity contribution is 0.101. The summed E-state index contributed by atoms with van der Waals surface area (Å²) >= 11 is 0. The molecule has 0 atom stereocenters. The van der Waals surface area contributed by atoms with Gasteiger partial charge in [-0.1, -0.05) is 5.16 Å². The molecule has 7 heteroatoms. The molecule has 0 unspecified atom stereocenters. The second-order valence-electron chi connectivity index (χ2n) is 3.75. The molecule has 0 radical (unpaired) electrons. The fourth-order valence-corrected chi connectivity index (χ4v) is 1.54. The molecular formula is C10H13N5O2. The molecule has 7 nitrogen and oxygen atoms in total. The molecule has 0 spiro atoms. The second-order valence-corrected chi connectivity index (χ2v) is 3.75. The molecule has 0 aromatic carbocycles. The van der Waals surface area contributed by atoms with Gasteiger partial charge in [-0.15, -0.1) is 0 Å². The lowest BCUT2D eigenvalue weighted by atomic mass is 10.3. The Bertz CT molecular complexity index is 569. The van der Waals surface area contributed by atoms with Crippen LogP contribution in [0.1, 0.15) is 21.9 Å². The summed E-state index contributed by atoms with van der Waals surface area (Å²) in [4.78, 5) is 11.9. The quantitative estimate of drug-likeness (QED) is 0.804. The van der Waals surface area contributed by atoms with Crippen molar-refractivity contribution in [2.24, 2.45) is 7.05 Å². The van der Waals surface area contributed by atoms with Crippen molar-refractivity contribution in [3.8, 4) is 0 Å². The van der Waals surface area contributed by atoms with E-state index in [0.29, 0.717) is 28.7 Å². The first-order valence-corrected chi connectivity index (χ1v) is 5.02. The van der Waals surface area contributed by atoms with Crippen LogP contribution in [0.25, 0.3) is 0 Å². The average Bonchev–Trinajstić information content (AvgIpc) is 2.73. The number of nitrogens with one attached hydrogen (secondary N) is 1. The van der Waals surface area contributed by atoms with Crippen LogP contribution in [0.4, 0.5) is 11.5 Å². The Morgan fingerprint density at radius 3 is 2.71 bits per heavy atom. The Labute approximate surface area is 97.6 Å². The Morgan fingerprint density at radius 2 is 2.24 bits per heavy atom. The van der Waals surface area contributed by atoms with E-state index in [1.807, 2.05) is 0 Å². The van der Waals surface area contributed by atoms with E-state index in [9.17, 15) is 4.79 Å². The van der Waals surface area contributed by atoms with Crippen molar-refractivity contribution in [1.29, 1.82) is 0 Å². The Hall–Kier alpha value is -2.31. The second kappa shape index (κ2) is 3.93. The molecule has 0 saturated heterocycles. The Morgan fingerprint density at radius 1 is 1.53 bits per heavy atom. The zero-order valence-electron chi connectivity index (χ0n) is 9.81. The molecule has 0 bridgehead atoms. The van der Waals surface area contributed by atoms with Gasteiger partial charge in [0.05, 0.1) is 11.4 Å². The van der Waals surface area contributed by atoms with Crippen LogP contribution in [0.3, 0.4) is 0 Å². The van der Waals surface area contributed by atoms with E-state index >= 15 is 0 Å². The maximum absolute atomic E-state index is 11.9. The van der Waals surface area contributed by atoms with Gasteiger partial charge < -0.3 is 15.6 Å². The molecule has 0 aliphatic carbocycles. The minimum atomic E-state index is -0.362. The summed E-state index contributed by atoms with van der Waals surface area (Å²) < 4.78 is 6.29. The molecule has 0 aliphatic rings. The molecule has 3 N–H and O–H groups in total. The molecule has 1 amide bonds. The molecule has 90 valence electrons. The number of carbonyl (C=O) groups excluding carboxylic acids is 1. The van der Waals surface area contributed by atoms with Gasteiger partial charge in [-0.25, -0.2) is 0 Å². The van der Waals surface area contributed by atoms with Gasteiger partial charge in [0, 0.05) is 13.1 Å². The predicted molar refractivity (Wildman–Crippen MR) is 61.6 cm³/mol. The summed E-state index contributed by atoms with van der Waals surface area (Å²) in [5.41, 5.74) is 7.07. The Kier molecular flexibility index (Phi) is 2.58. The van der Waals surface area contributed by atoms with E-state index in [1.165, 1.54) is 4.68 Å². The number of nitrogens with zero attached hydrogens (tertiary/aromatic N) is 3. The molecule has 2 aromatic heterocycles. The van der Waals surface area contributed by atoms with Crippen molar-refractivity contribution in [3.05, 3.63) is 23.2 Å². The van der Waals surface area contributed by atoms with Crippen molar-refractivity contribution >= 4 is 17.4 Å². The molecule has 0 saturated carbocycles. The SMILES string of the molecule is Cc1cc(NC(=O)c2c(N)c(C)nn2C)no1. The minimum Gasteiger partial charge on any atom is -0.395 e. The number of hydrogen-bond acceptors (Lipinski definition) is 5. The highest BCUT2D eigenvalue weighted by Crippen LogP contribution is 2.17. The maximum atomic E-state index is 11.9. The van der Waals surface area contributed by atoms with Gasteiger partial charge in [-0.2, -0.15) is 5.10 Å². The van der Waals surface area contributed by atoms with E-state index in [-0.39, 0.29) is 5.91 Å². The fourth-order valence-electron chi connectivity index (χ4n) is 1.54. The normalized spacial score (nSPS) is 10.5. The van der Waals surface area contributed by atoms with Crippen molar-refractivity contribution in [2.75, 3.05) is 11.1 Å². The molecule has 2 aromatic rings. The van der Waals surface area contributed by atoms with E-state index in [2.05, 4.69) is 15.6 Å². The fraction of sp³-hybridized carbons (Fsp3) is 0.300. The highest BCUT2D eigenvalue weighted by molar-refractivity contribution is 6.06. The third-order valence-electron chi connectivity index (χ3n) is 2.35. The third kappa shape index (κ3) is 1.99. The number of rotatable bonds is 2. The first-order valence-electron chi connectivity index (χ1n) is 5.02. The first-order chi connectivity index (χ1) is 7.99. The first kappa shape index (κ1) is 11.2.